The molecule has 0 aliphatic rings. The topological polar surface area (TPSA) is 9.23 Å². The minimum atomic E-state index is -1.51. The molecular formula is C28H20F4O. The van der Waals surface area contributed by atoms with Crippen LogP contribution < -0.4 is 4.74 Å². The number of hydrogen-bond donors (Lipinski definition) is 0. The molecule has 4 rings (SSSR count). The smallest absolute Gasteiger partial charge is 0.195 e. The maximum atomic E-state index is 14.6. The quantitative estimate of drug-likeness (QED) is 0.182. The van der Waals surface area contributed by atoms with Crippen molar-refractivity contribution in [2.45, 2.75) is 19.8 Å². The molecule has 0 atom stereocenters. The summed E-state index contributed by atoms with van der Waals surface area (Å²) in [4.78, 5) is 0. The maximum absolute atomic E-state index is 14.6. The first-order chi connectivity index (χ1) is 15.9. The van der Waals surface area contributed by atoms with Gasteiger partial charge in [0.1, 0.15) is 11.6 Å². The fraction of sp³-hybridized carbons (Fsp3) is 0.143. The molecule has 0 N–H and O–H groups in total. The summed E-state index contributed by atoms with van der Waals surface area (Å²) < 4.78 is 60.7. The highest BCUT2D eigenvalue weighted by atomic mass is 19.2. The minimum Gasteiger partial charge on any atom is -0.494 e. The van der Waals surface area contributed by atoms with Crippen LogP contribution in [0.25, 0.3) is 10.8 Å². The lowest BCUT2D eigenvalue weighted by Crippen LogP contribution is -1.95. The average Bonchev–Trinajstić information content (AvgIpc) is 2.81. The van der Waals surface area contributed by atoms with Gasteiger partial charge in [-0.2, -0.15) is 0 Å². The third-order valence-corrected chi connectivity index (χ3v) is 5.28. The largest absolute Gasteiger partial charge is 0.494 e. The van der Waals surface area contributed by atoms with Crippen molar-refractivity contribution < 1.29 is 22.3 Å². The first-order valence-corrected chi connectivity index (χ1v) is 10.5. The van der Waals surface area contributed by atoms with Gasteiger partial charge < -0.3 is 4.74 Å². The minimum absolute atomic E-state index is 0.0393. The number of fused-ring (bicyclic) bond motifs is 1. The molecule has 4 aromatic carbocycles. The molecule has 166 valence electrons. The standard InChI is InChI=1S/C28H20F4O/c1-2-33-23-12-7-18(8-13-23)3-4-20-6-11-21(25(29)16-20)10-5-19-9-14-24-22(15-19)17-26(30)28(32)27(24)31/h6-9,11-17H,2-4H2,1H3. The second kappa shape index (κ2) is 9.79. The molecule has 0 saturated heterocycles. The van der Waals surface area contributed by atoms with Crippen LogP contribution in [0.3, 0.4) is 0 Å². The Balaban J connectivity index is 1.47. The zero-order valence-electron chi connectivity index (χ0n) is 17.9. The van der Waals surface area contributed by atoms with Gasteiger partial charge in [0.15, 0.2) is 17.5 Å². The molecule has 33 heavy (non-hydrogen) atoms. The predicted molar refractivity (Wildman–Crippen MR) is 121 cm³/mol. The number of hydrogen-bond acceptors (Lipinski definition) is 1. The number of benzene rings is 4. The van der Waals surface area contributed by atoms with E-state index in [1.54, 1.807) is 6.07 Å². The zero-order chi connectivity index (χ0) is 23.4. The zero-order valence-corrected chi connectivity index (χ0v) is 17.9. The van der Waals surface area contributed by atoms with Gasteiger partial charge in [0.05, 0.1) is 12.2 Å². The summed E-state index contributed by atoms with van der Waals surface area (Å²) in [6, 6.07) is 17.9. The van der Waals surface area contributed by atoms with E-state index in [0.29, 0.717) is 18.6 Å². The maximum Gasteiger partial charge on any atom is 0.195 e. The van der Waals surface area contributed by atoms with Crippen molar-refractivity contribution >= 4 is 10.8 Å². The van der Waals surface area contributed by atoms with E-state index in [9.17, 15) is 17.6 Å². The van der Waals surface area contributed by atoms with Crippen LogP contribution in [0, 0.1) is 35.1 Å². The second-order valence-corrected chi connectivity index (χ2v) is 7.56. The van der Waals surface area contributed by atoms with Crippen molar-refractivity contribution in [2.24, 2.45) is 0 Å². The van der Waals surface area contributed by atoms with Crippen LogP contribution in [0.5, 0.6) is 5.75 Å². The average molecular weight is 448 g/mol. The molecule has 0 aromatic heterocycles. The summed E-state index contributed by atoms with van der Waals surface area (Å²) in [6.07, 6.45) is 1.44. The summed E-state index contributed by atoms with van der Waals surface area (Å²) >= 11 is 0. The van der Waals surface area contributed by atoms with E-state index in [0.717, 1.165) is 29.4 Å². The molecule has 0 bridgehead atoms. The van der Waals surface area contributed by atoms with E-state index in [2.05, 4.69) is 11.8 Å². The first kappa shape index (κ1) is 22.4. The van der Waals surface area contributed by atoms with Gasteiger partial charge in [0.25, 0.3) is 0 Å². The van der Waals surface area contributed by atoms with E-state index >= 15 is 0 Å². The summed E-state index contributed by atoms with van der Waals surface area (Å²) in [5.41, 5.74) is 2.64. The molecule has 4 aromatic rings. The van der Waals surface area contributed by atoms with Crippen LogP contribution in [0.15, 0.2) is 66.7 Å². The Morgan fingerprint density at radius 2 is 1.42 bits per heavy atom. The van der Waals surface area contributed by atoms with Crippen LogP contribution in [0.1, 0.15) is 29.2 Å². The third kappa shape index (κ3) is 5.18. The van der Waals surface area contributed by atoms with Crippen molar-refractivity contribution in [3.05, 3.63) is 112 Å². The molecule has 5 heteroatoms. The van der Waals surface area contributed by atoms with Crippen LogP contribution in [-0.2, 0) is 12.8 Å². The number of rotatable bonds is 5. The van der Waals surface area contributed by atoms with Crippen LogP contribution in [0.4, 0.5) is 17.6 Å². The van der Waals surface area contributed by atoms with E-state index in [1.165, 1.54) is 24.3 Å². The highest BCUT2D eigenvalue weighted by Gasteiger charge is 2.13. The number of aryl methyl sites for hydroxylation is 2. The molecule has 0 aliphatic carbocycles. The van der Waals surface area contributed by atoms with Gasteiger partial charge in [-0.3, -0.25) is 0 Å². The molecule has 0 radical (unpaired) electrons. The van der Waals surface area contributed by atoms with Gasteiger partial charge in [0.2, 0.25) is 0 Å². The number of ether oxygens (including phenoxy) is 1. The van der Waals surface area contributed by atoms with Crippen molar-refractivity contribution in [3.8, 4) is 17.6 Å². The van der Waals surface area contributed by atoms with Crippen LogP contribution in [0.2, 0.25) is 0 Å². The highest BCUT2D eigenvalue weighted by Crippen LogP contribution is 2.24. The van der Waals surface area contributed by atoms with E-state index in [-0.39, 0.29) is 16.3 Å². The van der Waals surface area contributed by atoms with Gasteiger partial charge in [-0.1, -0.05) is 36.1 Å². The number of halogens is 4. The molecule has 0 amide bonds. The highest BCUT2D eigenvalue weighted by molar-refractivity contribution is 5.84. The first-order valence-electron chi connectivity index (χ1n) is 10.5. The van der Waals surface area contributed by atoms with Crippen LogP contribution >= 0.6 is 0 Å². The molecule has 0 unspecified atom stereocenters. The van der Waals surface area contributed by atoms with Gasteiger partial charge in [0, 0.05) is 10.9 Å². The monoisotopic (exact) mass is 448 g/mol. The van der Waals surface area contributed by atoms with E-state index < -0.39 is 23.3 Å². The molecule has 0 aliphatic heterocycles. The van der Waals surface area contributed by atoms with Crippen LogP contribution in [-0.4, -0.2) is 6.61 Å². The Bertz CT molecular complexity index is 1370. The van der Waals surface area contributed by atoms with Gasteiger partial charge in [-0.05, 0) is 78.7 Å². The van der Waals surface area contributed by atoms with Crippen molar-refractivity contribution in [1.29, 1.82) is 0 Å². The SMILES string of the molecule is CCOc1ccc(CCc2ccc(C#Cc3ccc4c(F)c(F)c(F)cc4c3)c(F)c2)cc1. The predicted octanol–water partition coefficient (Wildman–Crippen LogP) is 6.98. The second-order valence-electron chi connectivity index (χ2n) is 7.56. The van der Waals surface area contributed by atoms with Crippen molar-refractivity contribution in [2.75, 3.05) is 6.61 Å². The normalized spacial score (nSPS) is 10.7. The van der Waals surface area contributed by atoms with Gasteiger partial charge in [-0.25, -0.2) is 17.6 Å². The molecule has 0 saturated carbocycles. The lowest BCUT2D eigenvalue weighted by atomic mass is 10.0. The molecular weight excluding hydrogens is 428 g/mol. The molecule has 0 heterocycles. The molecule has 1 nitrogen and oxygen atoms in total. The summed E-state index contributed by atoms with van der Waals surface area (Å²) in [7, 11) is 0. The molecule has 0 spiro atoms. The van der Waals surface area contributed by atoms with Gasteiger partial charge >= 0.3 is 0 Å². The Labute approximate surface area is 189 Å². The summed E-state index contributed by atoms with van der Waals surface area (Å²) in [6.45, 7) is 2.55. The summed E-state index contributed by atoms with van der Waals surface area (Å²) in [5, 5.41) is 0.144. The fourth-order valence-corrected chi connectivity index (χ4v) is 3.55. The Morgan fingerprint density at radius 1 is 0.697 bits per heavy atom. The third-order valence-electron chi connectivity index (χ3n) is 5.28. The lowest BCUT2D eigenvalue weighted by Gasteiger charge is -2.06. The van der Waals surface area contributed by atoms with Crippen molar-refractivity contribution in [3.63, 3.8) is 0 Å². The Hall–Kier alpha value is -3.78. The Kier molecular flexibility index (Phi) is 6.65. The fourth-order valence-electron chi connectivity index (χ4n) is 3.55. The van der Waals surface area contributed by atoms with E-state index in [1.807, 2.05) is 37.3 Å². The lowest BCUT2D eigenvalue weighted by molar-refractivity contribution is 0.340. The summed E-state index contributed by atoms with van der Waals surface area (Å²) in [5.74, 6) is 1.92. The van der Waals surface area contributed by atoms with Gasteiger partial charge in [-0.15, -0.1) is 0 Å². The Morgan fingerprint density at radius 3 is 2.15 bits per heavy atom. The van der Waals surface area contributed by atoms with Crippen molar-refractivity contribution in [1.82, 2.24) is 0 Å². The van der Waals surface area contributed by atoms with E-state index in [4.69, 9.17) is 4.74 Å². The molecule has 0 fully saturated rings.